The SMILES string of the molecule is C=CC(=O)N1CC(N2CCN(c3ccc(-c4cc(-c5cnn(CCC)c5)cn5ncc(C#N)c45)cc3)CC2)C1. The number of hydrogen-bond donors (Lipinski definition) is 0. The number of nitriles is 1. The third-order valence-corrected chi connectivity index (χ3v) is 7.87. The molecule has 2 fully saturated rings. The second-order valence-electron chi connectivity index (χ2n) is 10.3. The van der Waals surface area contributed by atoms with Crippen molar-refractivity contribution >= 4 is 17.1 Å². The number of rotatable bonds is 7. The highest BCUT2D eigenvalue weighted by Gasteiger charge is 2.35. The summed E-state index contributed by atoms with van der Waals surface area (Å²) in [5, 5.41) is 18.7. The summed E-state index contributed by atoms with van der Waals surface area (Å²) in [6, 6.07) is 13.5. The van der Waals surface area contributed by atoms with Crippen LogP contribution in [-0.4, -0.2) is 80.4 Å². The van der Waals surface area contributed by atoms with Crippen molar-refractivity contribution in [3.05, 3.63) is 73.3 Å². The minimum absolute atomic E-state index is 0.0252. The number of anilines is 1. The Bertz CT molecular complexity index is 1550. The lowest BCUT2D eigenvalue weighted by atomic mass is 9.99. The fourth-order valence-electron chi connectivity index (χ4n) is 5.64. The molecule has 9 heteroatoms. The second-order valence-corrected chi connectivity index (χ2v) is 10.3. The van der Waals surface area contributed by atoms with Crippen molar-refractivity contribution < 1.29 is 4.79 Å². The van der Waals surface area contributed by atoms with Crippen LogP contribution in [0, 0.1) is 11.3 Å². The van der Waals surface area contributed by atoms with Crippen molar-refractivity contribution in [2.24, 2.45) is 0 Å². The van der Waals surface area contributed by atoms with E-state index in [9.17, 15) is 10.1 Å². The molecule has 1 amide bonds. The van der Waals surface area contributed by atoms with Gasteiger partial charge in [-0.2, -0.15) is 15.5 Å². The lowest BCUT2D eigenvalue weighted by molar-refractivity contribution is -0.133. The van der Waals surface area contributed by atoms with Gasteiger partial charge in [0.15, 0.2) is 0 Å². The number of aryl methyl sites for hydroxylation is 1. The fourth-order valence-corrected chi connectivity index (χ4v) is 5.64. The molecule has 2 aliphatic heterocycles. The summed E-state index contributed by atoms with van der Waals surface area (Å²) in [6.07, 6.45) is 9.96. The highest BCUT2D eigenvalue weighted by atomic mass is 16.2. The molecule has 6 rings (SSSR count). The Kier molecular flexibility index (Phi) is 6.63. The number of piperazine rings is 1. The van der Waals surface area contributed by atoms with Crippen molar-refractivity contribution in [2.75, 3.05) is 44.2 Å². The van der Waals surface area contributed by atoms with Gasteiger partial charge in [0.05, 0.1) is 23.5 Å². The van der Waals surface area contributed by atoms with Gasteiger partial charge in [0.25, 0.3) is 0 Å². The number of likely N-dealkylation sites (tertiary alicyclic amines) is 1. The summed E-state index contributed by atoms with van der Waals surface area (Å²) in [7, 11) is 0. The minimum atomic E-state index is 0.0252. The molecule has 2 saturated heterocycles. The molecule has 0 bridgehead atoms. The molecule has 0 spiro atoms. The van der Waals surface area contributed by atoms with Crippen molar-refractivity contribution in [1.29, 1.82) is 5.26 Å². The molecule has 0 N–H and O–H groups in total. The van der Waals surface area contributed by atoms with Crippen molar-refractivity contribution in [1.82, 2.24) is 29.2 Å². The smallest absolute Gasteiger partial charge is 0.246 e. The number of hydrogen-bond acceptors (Lipinski definition) is 6. The maximum atomic E-state index is 11.8. The first-order valence-electron chi connectivity index (χ1n) is 13.5. The van der Waals surface area contributed by atoms with E-state index >= 15 is 0 Å². The monoisotopic (exact) mass is 520 g/mol. The predicted molar refractivity (Wildman–Crippen MR) is 151 cm³/mol. The van der Waals surface area contributed by atoms with E-state index in [1.54, 1.807) is 10.7 Å². The number of fused-ring (bicyclic) bond motifs is 1. The molecule has 9 nitrogen and oxygen atoms in total. The number of nitrogens with zero attached hydrogens (tertiary/aromatic N) is 8. The van der Waals surface area contributed by atoms with E-state index in [2.05, 4.69) is 76.1 Å². The summed E-state index contributed by atoms with van der Waals surface area (Å²) in [5.41, 5.74) is 6.62. The quantitative estimate of drug-likeness (QED) is 0.346. The zero-order valence-electron chi connectivity index (χ0n) is 22.2. The van der Waals surface area contributed by atoms with Crippen LogP contribution in [0.3, 0.4) is 0 Å². The average Bonchev–Trinajstić information content (AvgIpc) is 3.59. The van der Waals surface area contributed by atoms with Crippen LogP contribution in [0.2, 0.25) is 0 Å². The first-order chi connectivity index (χ1) is 19.1. The molecule has 2 aliphatic rings. The normalized spacial score (nSPS) is 16.3. The summed E-state index contributed by atoms with van der Waals surface area (Å²) in [6.45, 7) is 12.1. The number of pyridine rings is 1. The van der Waals surface area contributed by atoms with E-state index < -0.39 is 0 Å². The van der Waals surface area contributed by atoms with E-state index in [1.165, 1.54) is 11.8 Å². The number of benzene rings is 1. The number of amides is 1. The number of carbonyl (C=O) groups excluding carboxylic acids is 1. The second kappa shape index (κ2) is 10.4. The third-order valence-electron chi connectivity index (χ3n) is 7.87. The summed E-state index contributed by atoms with van der Waals surface area (Å²) in [5.74, 6) is 0.0252. The first-order valence-corrected chi connectivity index (χ1v) is 13.5. The maximum Gasteiger partial charge on any atom is 0.246 e. The van der Waals surface area contributed by atoms with E-state index in [1.807, 2.05) is 22.0 Å². The molecule has 0 atom stereocenters. The van der Waals surface area contributed by atoms with Gasteiger partial charge in [0.1, 0.15) is 6.07 Å². The molecule has 0 aliphatic carbocycles. The van der Waals surface area contributed by atoms with Crippen molar-refractivity contribution in [3.63, 3.8) is 0 Å². The third kappa shape index (κ3) is 4.68. The zero-order chi connectivity index (χ0) is 26.9. The Hall–Kier alpha value is -4.42. The van der Waals surface area contributed by atoms with E-state index in [0.717, 1.165) is 80.0 Å². The molecule has 198 valence electrons. The molecular weight excluding hydrogens is 488 g/mol. The van der Waals surface area contributed by atoms with Gasteiger partial charge in [-0.25, -0.2) is 4.52 Å². The number of aromatic nitrogens is 4. The van der Waals surface area contributed by atoms with Gasteiger partial charge in [-0.15, -0.1) is 0 Å². The van der Waals surface area contributed by atoms with E-state index in [-0.39, 0.29) is 5.91 Å². The van der Waals surface area contributed by atoms with Crippen molar-refractivity contribution in [3.8, 4) is 28.3 Å². The van der Waals surface area contributed by atoms with Crippen LogP contribution in [0.25, 0.3) is 27.8 Å². The molecule has 1 aromatic carbocycles. The van der Waals surface area contributed by atoms with Crippen LogP contribution < -0.4 is 4.90 Å². The van der Waals surface area contributed by atoms with Gasteiger partial charge >= 0.3 is 0 Å². The van der Waals surface area contributed by atoms with Gasteiger partial charge in [-0.05, 0) is 36.3 Å². The van der Waals surface area contributed by atoms with Gasteiger partial charge < -0.3 is 9.80 Å². The molecule has 39 heavy (non-hydrogen) atoms. The topological polar surface area (TPSA) is 85.7 Å². The minimum Gasteiger partial charge on any atom is -0.369 e. The lowest BCUT2D eigenvalue weighted by Crippen LogP contribution is -2.64. The van der Waals surface area contributed by atoms with Crippen LogP contribution in [0.1, 0.15) is 18.9 Å². The molecule has 0 unspecified atom stereocenters. The zero-order valence-corrected chi connectivity index (χ0v) is 22.2. The standard InChI is InChI=1S/C30H32N8O/c1-3-9-37-18-25(17-32-37)23-14-28(30-24(15-31)16-33-38(30)19-23)22-5-7-26(8-6-22)34-10-12-35(13-11-34)27-20-36(21-27)29(39)4-2/h4-8,14,16-19,27H,2-3,9-13,20-21H2,1H3. The first kappa shape index (κ1) is 24.9. The van der Waals surface area contributed by atoms with E-state index in [0.29, 0.717) is 11.6 Å². The molecule has 0 saturated carbocycles. The van der Waals surface area contributed by atoms with Gasteiger partial charge in [0, 0.05) is 86.6 Å². The highest BCUT2D eigenvalue weighted by Crippen LogP contribution is 2.33. The van der Waals surface area contributed by atoms with Gasteiger partial charge in [-0.3, -0.25) is 14.4 Å². The molecule has 5 heterocycles. The average molecular weight is 521 g/mol. The highest BCUT2D eigenvalue weighted by molar-refractivity contribution is 5.88. The van der Waals surface area contributed by atoms with Gasteiger partial charge in [0.2, 0.25) is 5.91 Å². The van der Waals surface area contributed by atoms with Crippen LogP contribution in [0.4, 0.5) is 5.69 Å². The fraction of sp³-hybridized carbons (Fsp3) is 0.333. The Morgan fingerprint density at radius 1 is 1.05 bits per heavy atom. The Labute approximate surface area is 228 Å². The molecule has 4 aromatic rings. The molecule has 3 aromatic heterocycles. The molecule has 0 radical (unpaired) electrons. The Morgan fingerprint density at radius 3 is 2.51 bits per heavy atom. The van der Waals surface area contributed by atoms with Crippen LogP contribution in [0.5, 0.6) is 0 Å². The van der Waals surface area contributed by atoms with Crippen molar-refractivity contribution in [2.45, 2.75) is 25.9 Å². The Balaban J connectivity index is 1.21. The molecular formula is C30H32N8O. The lowest BCUT2D eigenvalue weighted by Gasteiger charge is -2.48. The predicted octanol–water partition coefficient (Wildman–Crippen LogP) is 3.67. The van der Waals surface area contributed by atoms with Gasteiger partial charge in [-0.1, -0.05) is 25.6 Å². The number of carbonyl (C=O) groups is 1. The van der Waals surface area contributed by atoms with Crippen LogP contribution in [-0.2, 0) is 11.3 Å². The summed E-state index contributed by atoms with van der Waals surface area (Å²) < 4.78 is 3.76. The summed E-state index contributed by atoms with van der Waals surface area (Å²) >= 11 is 0. The summed E-state index contributed by atoms with van der Waals surface area (Å²) in [4.78, 5) is 18.5. The van der Waals surface area contributed by atoms with Crippen LogP contribution >= 0.6 is 0 Å². The Morgan fingerprint density at radius 2 is 1.82 bits per heavy atom. The maximum absolute atomic E-state index is 11.8. The van der Waals surface area contributed by atoms with Crippen LogP contribution in [0.15, 0.2) is 67.8 Å². The largest absolute Gasteiger partial charge is 0.369 e. The van der Waals surface area contributed by atoms with E-state index in [4.69, 9.17) is 0 Å².